The fourth-order valence-corrected chi connectivity index (χ4v) is 1.91. The van der Waals surface area contributed by atoms with Crippen LogP contribution < -0.4 is 4.90 Å². The maximum absolute atomic E-state index is 11.9. The van der Waals surface area contributed by atoms with E-state index in [1.165, 1.54) is 4.90 Å². The molecule has 0 aliphatic heterocycles. The molecule has 0 saturated heterocycles. The Morgan fingerprint density at radius 3 is 2.53 bits per heavy atom. The number of rotatable bonds is 1. The van der Waals surface area contributed by atoms with E-state index in [1.807, 2.05) is 33.8 Å². The number of carbonyl (C=O) groups is 1. The van der Waals surface area contributed by atoms with Crippen molar-refractivity contribution in [2.24, 2.45) is 0 Å². The van der Waals surface area contributed by atoms with Crippen molar-refractivity contribution in [3.05, 3.63) is 21.4 Å². The van der Waals surface area contributed by atoms with Gasteiger partial charge >= 0.3 is 6.09 Å². The first-order chi connectivity index (χ1) is 7.70. The Hall–Kier alpha value is -0.850. The highest BCUT2D eigenvalue weighted by atomic mass is 127. The van der Waals surface area contributed by atoms with Crippen molar-refractivity contribution in [2.45, 2.75) is 33.3 Å². The molecule has 0 N–H and O–H groups in total. The molecule has 0 fully saturated rings. The van der Waals surface area contributed by atoms with Gasteiger partial charge in [-0.3, -0.25) is 4.90 Å². The molecule has 0 unspecified atom stereocenters. The summed E-state index contributed by atoms with van der Waals surface area (Å²) in [5, 5.41) is 0. The molecule has 1 rings (SSSR count). The lowest BCUT2D eigenvalue weighted by Crippen LogP contribution is -2.35. The minimum Gasteiger partial charge on any atom is -0.443 e. The molecule has 17 heavy (non-hydrogen) atoms. The largest absolute Gasteiger partial charge is 0.443 e. The van der Waals surface area contributed by atoms with E-state index in [-0.39, 0.29) is 0 Å². The molecule has 0 bridgehead atoms. The van der Waals surface area contributed by atoms with Crippen LogP contribution in [0.15, 0.2) is 12.3 Å². The Bertz CT molecular complexity index is 427. The van der Waals surface area contributed by atoms with Gasteiger partial charge < -0.3 is 4.74 Å². The van der Waals surface area contributed by atoms with Crippen LogP contribution in [0.2, 0.25) is 0 Å². The lowest BCUT2D eigenvalue weighted by molar-refractivity contribution is 0.0588. The maximum atomic E-state index is 11.9. The smallest absolute Gasteiger partial charge is 0.415 e. The van der Waals surface area contributed by atoms with E-state index in [9.17, 15) is 4.79 Å². The average Bonchev–Trinajstić information content (AvgIpc) is 2.14. The normalized spacial score (nSPS) is 11.2. The molecule has 1 heterocycles. The Balaban J connectivity index is 2.89. The molecule has 0 atom stereocenters. The first-order valence-corrected chi connectivity index (χ1v) is 6.37. The fourth-order valence-electron chi connectivity index (χ4n) is 1.30. The highest BCUT2D eigenvalue weighted by molar-refractivity contribution is 14.1. The Kier molecular flexibility index (Phi) is 4.35. The van der Waals surface area contributed by atoms with E-state index in [0.717, 1.165) is 9.13 Å². The number of hydrogen-bond donors (Lipinski definition) is 0. The molecule has 0 aromatic carbocycles. The van der Waals surface area contributed by atoms with Crippen molar-refractivity contribution in [1.82, 2.24) is 4.98 Å². The molecule has 0 aliphatic rings. The third-order valence-corrected chi connectivity index (χ3v) is 2.59. The quantitative estimate of drug-likeness (QED) is 0.731. The van der Waals surface area contributed by atoms with Crippen LogP contribution in [0.4, 0.5) is 10.6 Å². The zero-order valence-electron chi connectivity index (χ0n) is 10.7. The molecule has 0 radical (unpaired) electrons. The Labute approximate surface area is 116 Å². The minimum atomic E-state index is -0.498. The van der Waals surface area contributed by atoms with E-state index in [2.05, 4.69) is 27.6 Å². The number of pyridine rings is 1. The van der Waals surface area contributed by atoms with Crippen LogP contribution in [-0.2, 0) is 4.74 Å². The molecule has 0 saturated carbocycles. The highest BCUT2D eigenvalue weighted by Crippen LogP contribution is 2.19. The monoisotopic (exact) mass is 348 g/mol. The summed E-state index contributed by atoms with van der Waals surface area (Å²) in [6, 6.07) is 1.98. The van der Waals surface area contributed by atoms with Crippen LogP contribution >= 0.6 is 22.6 Å². The van der Waals surface area contributed by atoms with Crippen molar-refractivity contribution >= 4 is 34.5 Å². The summed E-state index contributed by atoms with van der Waals surface area (Å²) in [6.45, 7) is 7.44. The minimum absolute atomic E-state index is 0.394. The van der Waals surface area contributed by atoms with E-state index in [1.54, 1.807) is 13.2 Å². The standard InChI is InChI=1S/C12H17IN2O2/c1-8-6-9(13)7-14-10(8)15(5)11(16)17-12(2,3)4/h6-7H,1-5H3. The SMILES string of the molecule is Cc1cc(I)cnc1N(C)C(=O)OC(C)(C)C. The molecule has 1 amide bonds. The highest BCUT2D eigenvalue weighted by Gasteiger charge is 2.22. The third kappa shape index (κ3) is 4.14. The molecule has 4 nitrogen and oxygen atoms in total. The van der Waals surface area contributed by atoms with Crippen molar-refractivity contribution < 1.29 is 9.53 Å². The second-order valence-electron chi connectivity index (χ2n) is 4.83. The van der Waals surface area contributed by atoms with Crippen molar-refractivity contribution in [1.29, 1.82) is 0 Å². The summed E-state index contributed by atoms with van der Waals surface area (Å²) in [6.07, 6.45) is 1.33. The second-order valence-corrected chi connectivity index (χ2v) is 6.08. The van der Waals surface area contributed by atoms with Crippen LogP contribution in [0.1, 0.15) is 26.3 Å². The number of nitrogens with zero attached hydrogens (tertiary/aromatic N) is 2. The zero-order valence-corrected chi connectivity index (χ0v) is 12.9. The molecule has 5 heteroatoms. The number of aromatic nitrogens is 1. The van der Waals surface area contributed by atoms with Crippen LogP contribution in [0.5, 0.6) is 0 Å². The van der Waals surface area contributed by atoms with Crippen LogP contribution in [0.3, 0.4) is 0 Å². The number of aryl methyl sites for hydroxylation is 1. The van der Waals surface area contributed by atoms with Gasteiger partial charge in [0.2, 0.25) is 0 Å². The predicted octanol–water partition coefficient (Wildman–Crippen LogP) is 3.37. The average molecular weight is 348 g/mol. The summed E-state index contributed by atoms with van der Waals surface area (Å²) in [7, 11) is 1.66. The molecular weight excluding hydrogens is 331 g/mol. The summed E-state index contributed by atoms with van der Waals surface area (Å²) >= 11 is 2.19. The summed E-state index contributed by atoms with van der Waals surface area (Å²) in [5.41, 5.74) is 0.452. The topological polar surface area (TPSA) is 42.4 Å². The number of halogens is 1. The van der Waals surface area contributed by atoms with Gasteiger partial charge in [0.05, 0.1) is 0 Å². The maximum Gasteiger partial charge on any atom is 0.415 e. The van der Waals surface area contributed by atoms with E-state index >= 15 is 0 Å². The summed E-state index contributed by atoms with van der Waals surface area (Å²) in [4.78, 5) is 17.5. The molecule has 0 aliphatic carbocycles. The lowest BCUT2D eigenvalue weighted by Gasteiger charge is -2.24. The number of anilines is 1. The Morgan fingerprint density at radius 1 is 1.47 bits per heavy atom. The third-order valence-electron chi connectivity index (χ3n) is 2.00. The first-order valence-electron chi connectivity index (χ1n) is 5.29. The van der Waals surface area contributed by atoms with Gasteiger partial charge in [-0.2, -0.15) is 0 Å². The van der Waals surface area contributed by atoms with Crippen LogP contribution in [0, 0.1) is 10.5 Å². The van der Waals surface area contributed by atoms with Gasteiger partial charge in [0.25, 0.3) is 0 Å². The van der Waals surface area contributed by atoms with Gasteiger partial charge in [-0.15, -0.1) is 0 Å². The van der Waals surface area contributed by atoms with Gasteiger partial charge in [0, 0.05) is 16.8 Å². The lowest BCUT2D eigenvalue weighted by atomic mass is 10.2. The van der Waals surface area contributed by atoms with Crippen molar-refractivity contribution in [3.8, 4) is 0 Å². The molecule has 1 aromatic rings. The molecule has 94 valence electrons. The van der Waals surface area contributed by atoms with Gasteiger partial charge in [-0.05, 0) is 61.9 Å². The molecule has 0 spiro atoms. The number of carbonyl (C=O) groups excluding carboxylic acids is 1. The van der Waals surface area contributed by atoms with Crippen molar-refractivity contribution in [3.63, 3.8) is 0 Å². The number of hydrogen-bond acceptors (Lipinski definition) is 3. The van der Waals surface area contributed by atoms with Crippen molar-refractivity contribution in [2.75, 3.05) is 11.9 Å². The number of amides is 1. The number of ether oxygens (including phenoxy) is 1. The van der Waals surface area contributed by atoms with Gasteiger partial charge in [0.1, 0.15) is 11.4 Å². The first kappa shape index (κ1) is 14.2. The fraction of sp³-hybridized carbons (Fsp3) is 0.500. The Morgan fingerprint density at radius 2 is 2.06 bits per heavy atom. The van der Waals surface area contributed by atoms with Gasteiger partial charge in [0.15, 0.2) is 0 Å². The van der Waals surface area contributed by atoms with E-state index in [4.69, 9.17) is 4.74 Å². The molecular formula is C12H17IN2O2. The van der Waals surface area contributed by atoms with Gasteiger partial charge in [-0.25, -0.2) is 9.78 Å². The second kappa shape index (κ2) is 5.20. The zero-order chi connectivity index (χ0) is 13.2. The van der Waals surface area contributed by atoms with E-state index < -0.39 is 11.7 Å². The summed E-state index contributed by atoms with van der Waals surface area (Å²) < 4.78 is 6.33. The predicted molar refractivity (Wildman–Crippen MR) is 76.3 cm³/mol. The van der Waals surface area contributed by atoms with Crippen LogP contribution in [0.25, 0.3) is 0 Å². The van der Waals surface area contributed by atoms with E-state index in [0.29, 0.717) is 5.82 Å². The summed E-state index contributed by atoms with van der Waals surface area (Å²) in [5.74, 6) is 0.625. The van der Waals surface area contributed by atoms with Crippen LogP contribution in [-0.4, -0.2) is 23.7 Å². The molecule has 1 aromatic heterocycles. The van der Waals surface area contributed by atoms with Gasteiger partial charge in [-0.1, -0.05) is 0 Å².